The Kier molecular flexibility index (Phi) is 7.09. The highest BCUT2D eigenvalue weighted by Gasteiger charge is 2.51. The minimum atomic E-state index is -4.74. The summed E-state index contributed by atoms with van der Waals surface area (Å²) in [5, 5.41) is 10.5. The molecule has 2 amide bonds. The average molecular weight is 519 g/mol. The van der Waals surface area contributed by atoms with Gasteiger partial charge in [0.15, 0.2) is 0 Å². The topological polar surface area (TPSA) is 130 Å². The minimum Gasteiger partial charge on any atom is -0.389 e. The Morgan fingerprint density at radius 3 is 2.54 bits per heavy atom. The fraction of sp³-hybridized carbons (Fsp3) is 0.261. The number of nitrogens with one attached hydrogen (secondary N) is 4. The summed E-state index contributed by atoms with van der Waals surface area (Å²) in [6.07, 6.45) is -0.802. The van der Waals surface area contributed by atoms with Crippen molar-refractivity contribution in [3.63, 3.8) is 0 Å². The molecule has 2 heterocycles. The van der Waals surface area contributed by atoms with E-state index in [2.05, 4.69) is 36.2 Å². The third kappa shape index (κ3) is 6.39. The number of halogens is 4. The second-order valence-electron chi connectivity index (χ2n) is 8.12. The van der Waals surface area contributed by atoms with Gasteiger partial charge in [-0.3, -0.25) is 14.8 Å². The molecule has 1 aliphatic carbocycles. The number of alkyl halides is 3. The molecule has 37 heavy (non-hydrogen) atoms. The van der Waals surface area contributed by atoms with Gasteiger partial charge in [-0.05, 0) is 43.2 Å². The van der Waals surface area contributed by atoms with Gasteiger partial charge in [-0.25, -0.2) is 9.18 Å². The van der Waals surface area contributed by atoms with Crippen molar-refractivity contribution in [1.82, 2.24) is 25.6 Å². The highest BCUT2D eigenvalue weighted by Crippen LogP contribution is 2.37. The van der Waals surface area contributed by atoms with E-state index in [1.54, 1.807) is 7.05 Å². The van der Waals surface area contributed by atoms with Crippen LogP contribution in [-0.2, 0) is 17.5 Å². The zero-order valence-electron chi connectivity index (χ0n) is 19.3. The number of aromatic nitrogens is 3. The second kappa shape index (κ2) is 10.2. The van der Waals surface area contributed by atoms with Crippen molar-refractivity contribution >= 4 is 29.2 Å². The predicted octanol–water partition coefficient (Wildman–Crippen LogP) is 3.75. The summed E-state index contributed by atoms with van der Waals surface area (Å²) in [5.74, 6) is -1.09. The molecule has 4 N–H and O–H groups in total. The quantitative estimate of drug-likeness (QED) is 0.331. The molecule has 0 aliphatic heterocycles. The van der Waals surface area contributed by atoms with Crippen LogP contribution in [0.1, 0.15) is 24.1 Å². The molecule has 0 atom stereocenters. The molecule has 3 aromatic rings. The molecule has 1 fully saturated rings. The number of rotatable bonds is 8. The maximum atomic E-state index is 13.3. The van der Waals surface area contributed by atoms with Gasteiger partial charge in [0.2, 0.25) is 11.8 Å². The van der Waals surface area contributed by atoms with Crippen molar-refractivity contribution in [3.05, 3.63) is 66.0 Å². The summed E-state index contributed by atoms with van der Waals surface area (Å²) < 4.78 is 57.9. The van der Waals surface area contributed by atoms with Crippen LogP contribution in [0.15, 0.2) is 48.9 Å². The van der Waals surface area contributed by atoms with Crippen molar-refractivity contribution in [3.8, 4) is 5.88 Å². The molecule has 4 rings (SSSR count). The van der Waals surface area contributed by atoms with Crippen LogP contribution in [0, 0.1) is 5.82 Å². The van der Waals surface area contributed by atoms with E-state index in [0.717, 1.165) is 12.1 Å². The van der Waals surface area contributed by atoms with Crippen molar-refractivity contribution in [2.75, 3.05) is 17.7 Å². The number of amides is 2. The lowest BCUT2D eigenvalue weighted by molar-refractivity contribution is -0.137. The van der Waals surface area contributed by atoms with E-state index >= 15 is 0 Å². The fourth-order valence-corrected chi connectivity index (χ4v) is 3.33. The molecule has 1 aliphatic rings. The first-order valence-corrected chi connectivity index (χ1v) is 10.9. The summed E-state index contributed by atoms with van der Waals surface area (Å²) in [5.41, 5.74) is -1.93. The van der Waals surface area contributed by atoms with Crippen LogP contribution in [0.5, 0.6) is 5.88 Å². The summed E-state index contributed by atoms with van der Waals surface area (Å²) in [6.45, 7) is 0.0115. The first-order chi connectivity index (χ1) is 17.6. The van der Waals surface area contributed by atoms with Crippen LogP contribution in [0.3, 0.4) is 0 Å². The Labute approximate surface area is 207 Å². The molecule has 1 aromatic carbocycles. The van der Waals surface area contributed by atoms with Gasteiger partial charge in [-0.1, -0.05) is 0 Å². The lowest BCUT2D eigenvalue weighted by atomic mass is 10.1. The highest BCUT2D eigenvalue weighted by molar-refractivity contribution is 5.93. The smallest absolute Gasteiger partial charge is 0.389 e. The molecule has 194 valence electrons. The molecular formula is C23H21F4N7O3. The maximum absolute atomic E-state index is 13.3. The van der Waals surface area contributed by atoms with Crippen LogP contribution in [-0.4, -0.2) is 39.5 Å². The van der Waals surface area contributed by atoms with Gasteiger partial charge >= 0.3 is 12.3 Å². The highest BCUT2D eigenvalue weighted by atomic mass is 19.4. The van der Waals surface area contributed by atoms with Gasteiger partial charge in [0.05, 0.1) is 47.8 Å². The fourth-order valence-electron chi connectivity index (χ4n) is 3.33. The van der Waals surface area contributed by atoms with Gasteiger partial charge in [-0.2, -0.15) is 18.2 Å². The zero-order valence-corrected chi connectivity index (χ0v) is 19.3. The van der Waals surface area contributed by atoms with Crippen LogP contribution in [0.4, 0.5) is 39.5 Å². The minimum absolute atomic E-state index is 0.0115. The predicted molar refractivity (Wildman–Crippen MR) is 123 cm³/mol. The van der Waals surface area contributed by atoms with Crippen molar-refractivity contribution in [2.24, 2.45) is 0 Å². The normalized spacial score (nSPS) is 13.9. The Bertz CT molecular complexity index is 1300. The number of nitrogens with zero attached hydrogens (tertiary/aromatic N) is 3. The standard InChI is InChI=1S/C23H21F4N7O3/c1-28-18-11-29-12-19(33-18)37-21(36)34-22(6-7-22)20(35)31-9-14-3-4-15(10-30-14)32-17-5-2-13(24)8-16(17)23(25,26)27/h2-5,8,10-12,32H,6-7,9H2,1H3,(H,28,33)(H,31,35)(H,34,36). The summed E-state index contributed by atoms with van der Waals surface area (Å²) >= 11 is 0. The third-order valence-electron chi connectivity index (χ3n) is 5.41. The van der Waals surface area contributed by atoms with E-state index in [9.17, 15) is 27.2 Å². The molecule has 0 radical (unpaired) electrons. The lowest BCUT2D eigenvalue weighted by Gasteiger charge is -2.17. The van der Waals surface area contributed by atoms with Gasteiger partial charge in [0, 0.05) is 7.05 Å². The Morgan fingerprint density at radius 1 is 1.11 bits per heavy atom. The van der Waals surface area contributed by atoms with E-state index in [1.165, 1.54) is 30.7 Å². The number of hydrogen-bond acceptors (Lipinski definition) is 8. The summed E-state index contributed by atoms with van der Waals surface area (Å²) in [7, 11) is 1.63. The largest absolute Gasteiger partial charge is 0.418 e. The van der Waals surface area contributed by atoms with E-state index in [-0.39, 0.29) is 23.8 Å². The number of anilines is 3. The molecule has 10 nitrogen and oxygen atoms in total. The molecule has 14 heteroatoms. The summed E-state index contributed by atoms with van der Waals surface area (Å²) in [6, 6.07) is 5.29. The van der Waals surface area contributed by atoms with Crippen molar-refractivity contribution < 1.29 is 31.9 Å². The number of carbonyl (C=O) groups is 2. The molecule has 0 bridgehead atoms. The lowest BCUT2D eigenvalue weighted by Crippen LogP contribution is -2.49. The van der Waals surface area contributed by atoms with Gasteiger partial charge < -0.3 is 26.0 Å². The Hall–Kier alpha value is -4.49. The Balaban J connectivity index is 1.31. The first kappa shape index (κ1) is 25.6. The third-order valence-corrected chi connectivity index (χ3v) is 5.41. The average Bonchev–Trinajstić information content (AvgIpc) is 3.64. The Morgan fingerprint density at radius 2 is 1.89 bits per heavy atom. The summed E-state index contributed by atoms with van der Waals surface area (Å²) in [4.78, 5) is 36.9. The number of ether oxygens (including phenoxy) is 1. The molecule has 0 spiro atoms. The van der Waals surface area contributed by atoms with Gasteiger partial charge in [0.1, 0.15) is 17.2 Å². The molecular weight excluding hydrogens is 498 g/mol. The van der Waals surface area contributed by atoms with E-state index in [0.29, 0.717) is 30.4 Å². The van der Waals surface area contributed by atoms with E-state index < -0.39 is 35.1 Å². The number of pyridine rings is 1. The second-order valence-corrected chi connectivity index (χ2v) is 8.12. The zero-order chi connectivity index (χ0) is 26.6. The van der Waals surface area contributed by atoms with Crippen LogP contribution in [0.25, 0.3) is 0 Å². The molecule has 2 aromatic heterocycles. The van der Waals surface area contributed by atoms with Crippen LogP contribution < -0.4 is 26.0 Å². The van der Waals surface area contributed by atoms with Crippen molar-refractivity contribution in [2.45, 2.75) is 31.1 Å². The van der Waals surface area contributed by atoms with Gasteiger partial charge in [-0.15, -0.1) is 0 Å². The van der Waals surface area contributed by atoms with Crippen molar-refractivity contribution in [1.29, 1.82) is 0 Å². The van der Waals surface area contributed by atoms with E-state index in [1.807, 2.05) is 0 Å². The van der Waals surface area contributed by atoms with Gasteiger partial charge in [0.25, 0.3) is 0 Å². The molecule has 0 saturated heterocycles. The monoisotopic (exact) mass is 519 g/mol. The molecule has 0 unspecified atom stereocenters. The number of carbonyl (C=O) groups excluding carboxylic acids is 2. The number of benzene rings is 1. The SMILES string of the molecule is CNc1cncc(OC(=O)NC2(C(=O)NCc3ccc(Nc4ccc(F)cc4C(F)(F)F)cn3)CC2)n1. The first-order valence-electron chi connectivity index (χ1n) is 10.9. The number of hydrogen-bond donors (Lipinski definition) is 4. The van der Waals surface area contributed by atoms with E-state index in [4.69, 9.17) is 4.74 Å². The molecule has 1 saturated carbocycles. The maximum Gasteiger partial charge on any atom is 0.418 e. The van der Waals surface area contributed by atoms with Crippen LogP contribution >= 0.6 is 0 Å². The van der Waals surface area contributed by atoms with Crippen LogP contribution in [0.2, 0.25) is 0 Å².